The van der Waals surface area contributed by atoms with E-state index in [0.717, 1.165) is 18.6 Å². The van der Waals surface area contributed by atoms with Gasteiger partial charge in [-0.15, -0.1) is 0 Å². The number of carboxylic acids is 1. The van der Waals surface area contributed by atoms with Crippen LogP contribution >= 0.6 is 0 Å². The van der Waals surface area contributed by atoms with Gasteiger partial charge in [0.05, 0.1) is 6.61 Å². The van der Waals surface area contributed by atoms with E-state index in [2.05, 4.69) is 5.32 Å². The smallest absolute Gasteiger partial charge is 0.326 e. The Morgan fingerprint density at radius 2 is 1.91 bits per heavy atom. The van der Waals surface area contributed by atoms with E-state index in [9.17, 15) is 9.59 Å². The highest BCUT2D eigenvalue weighted by Gasteiger charge is 2.22. The average molecular weight is 307 g/mol. The van der Waals surface area contributed by atoms with Gasteiger partial charge in [0.1, 0.15) is 11.8 Å². The van der Waals surface area contributed by atoms with Crippen molar-refractivity contribution >= 4 is 11.9 Å². The summed E-state index contributed by atoms with van der Waals surface area (Å²) in [6, 6.07) is 8.59. The molecule has 1 amide bonds. The number of hydrogen-bond acceptors (Lipinski definition) is 3. The molecule has 1 aromatic rings. The fourth-order valence-corrected chi connectivity index (χ4v) is 1.98. The first-order valence-corrected chi connectivity index (χ1v) is 7.75. The van der Waals surface area contributed by atoms with Crippen molar-refractivity contribution in [3.05, 3.63) is 30.3 Å². The number of unbranched alkanes of at least 4 members (excludes halogenated alkanes) is 1. The summed E-state index contributed by atoms with van der Waals surface area (Å²) < 4.78 is 5.55. The van der Waals surface area contributed by atoms with Crippen LogP contribution in [0.25, 0.3) is 0 Å². The SMILES string of the molecule is CCCCC(NC(=O)C(C)CCOc1ccccc1)C(=O)O. The van der Waals surface area contributed by atoms with E-state index in [-0.39, 0.29) is 11.8 Å². The van der Waals surface area contributed by atoms with Crippen molar-refractivity contribution in [2.24, 2.45) is 5.92 Å². The number of aliphatic carboxylic acids is 1. The van der Waals surface area contributed by atoms with Gasteiger partial charge in [-0.05, 0) is 25.0 Å². The standard InChI is InChI=1S/C17H25NO4/c1-3-4-10-15(17(20)21)18-16(19)13(2)11-12-22-14-8-6-5-7-9-14/h5-9,13,15H,3-4,10-12H2,1-2H3,(H,18,19)(H,20,21). The molecule has 1 rings (SSSR count). The molecule has 1 aromatic carbocycles. The van der Waals surface area contributed by atoms with Crippen LogP contribution in [0.4, 0.5) is 0 Å². The highest BCUT2D eigenvalue weighted by Crippen LogP contribution is 2.11. The van der Waals surface area contributed by atoms with Gasteiger partial charge in [0.25, 0.3) is 0 Å². The molecule has 0 fully saturated rings. The van der Waals surface area contributed by atoms with Gasteiger partial charge in [0.15, 0.2) is 0 Å². The lowest BCUT2D eigenvalue weighted by atomic mass is 10.1. The van der Waals surface area contributed by atoms with E-state index < -0.39 is 12.0 Å². The Morgan fingerprint density at radius 1 is 1.23 bits per heavy atom. The topological polar surface area (TPSA) is 75.6 Å². The van der Waals surface area contributed by atoms with Crippen molar-refractivity contribution in [3.63, 3.8) is 0 Å². The molecule has 0 aliphatic heterocycles. The zero-order valence-electron chi connectivity index (χ0n) is 13.2. The first-order valence-electron chi connectivity index (χ1n) is 7.75. The average Bonchev–Trinajstić information content (AvgIpc) is 2.51. The lowest BCUT2D eigenvalue weighted by Gasteiger charge is -2.17. The largest absolute Gasteiger partial charge is 0.494 e. The number of rotatable bonds is 10. The predicted molar refractivity (Wildman–Crippen MR) is 84.8 cm³/mol. The molecule has 0 aliphatic carbocycles. The van der Waals surface area contributed by atoms with Crippen molar-refractivity contribution in [3.8, 4) is 5.75 Å². The third kappa shape index (κ3) is 6.61. The summed E-state index contributed by atoms with van der Waals surface area (Å²) in [5.74, 6) is -0.733. The minimum Gasteiger partial charge on any atom is -0.494 e. The van der Waals surface area contributed by atoms with Crippen LogP contribution in [0.5, 0.6) is 5.75 Å². The number of hydrogen-bond donors (Lipinski definition) is 2. The van der Waals surface area contributed by atoms with Gasteiger partial charge in [0, 0.05) is 5.92 Å². The number of amides is 1. The quantitative estimate of drug-likeness (QED) is 0.697. The van der Waals surface area contributed by atoms with Gasteiger partial charge in [0.2, 0.25) is 5.91 Å². The number of para-hydroxylation sites is 1. The van der Waals surface area contributed by atoms with Gasteiger partial charge in [-0.25, -0.2) is 4.79 Å². The van der Waals surface area contributed by atoms with Crippen LogP contribution in [-0.4, -0.2) is 29.6 Å². The number of ether oxygens (including phenoxy) is 1. The molecule has 5 nitrogen and oxygen atoms in total. The molecule has 0 aromatic heterocycles. The zero-order chi connectivity index (χ0) is 16.4. The fourth-order valence-electron chi connectivity index (χ4n) is 1.98. The second-order valence-corrected chi connectivity index (χ2v) is 5.39. The molecule has 0 saturated heterocycles. The molecular formula is C17H25NO4. The van der Waals surface area contributed by atoms with Crippen LogP contribution < -0.4 is 10.1 Å². The summed E-state index contributed by atoms with van der Waals surface area (Å²) in [6.45, 7) is 4.19. The molecule has 0 saturated carbocycles. The predicted octanol–water partition coefficient (Wildman–Crippen LogP) is 2.85. The van der Waals surface area contributed by atoms with Crippen LogP contribution in [0, 0.1) is 5.92 Å². The van der Waals surface area contributed by atoms with Crippen LogP contribution in [0.3, 0.4) is 0 Å². The Bertz CT molecular complexity index is 461. The normalized spacial score (nSPS) is 13.2. The minimum atomic E-state index is -0.977. The second kappa shape index (κ2) is 9.82. The lowest BCUT2D eigenvalue weighted by molar-refractivity contribution is -0.142. The summed E-state index contributed by atoms with van der Waals surface area (Å²) in [4.78, 5) is 23.2. The van der Waals surface area contributed by atoms with E-state index in [4.69, 9.17) is 9.84 Å². The van der Waals surface area contributed by atoms with Gasteiger partial charge < -0.3 is 15.2 Å². The number of carboxylic acid groups (broad SMARTS) is 1. The second-order valence-electron chi connectivity index (χ2n) is 5.39. The number of carbonyl (C=O) groups is 2. The summed E-state index contributed by atoms with van der Waals surface area (Å²) in [7, 11) is 0. The Morgan fingerprint density at radius 3 is 2.50 bits per heavy atom. The van der Waals surface area contributed by atoms with Gasteiger partial charge in [-0.1, -0.05) is 44.9 Å². The monoisotopic (exact) mass is 307 g/mol. The van der Waals surface area contributed by atoms with Crippen LogP contribution in [0.2, 0.25) is 0 Å². The third-order valence-corrected chi connectivity index (χ3v) is 3.47. The van der Waals surface area contributed by atoms with Crippen molar-refractivity contribution < 1.29 is 19.4 Å². The van der Waals surface area contributed by atoms with Crippen molar-refractivity contribution in [2.75, 3.05) is 6.61 Å². The van der Waals surface area contributed by atoms with Crippen LogP contribution in [-0.2, 0) is 9.59 Å². The highest BCUT2D eigenvalue weighted by molar-refractivity contribution is 5.84. The van der Waals surface area contributed by atoms with E-state index in [1.807, 2.05) is 37.3 Å². The summed E-state index contributed by atoms with van der Waals surface area (Å²) in [5.41, 5.74) is 0. The van der Waals surface area contributed by atoms with Gasteiger partial charge in [-0.3, -0.25) is 4.79 Å². The Hall–Kier alpha value is -2.04. The molecule has 0 radical (unpaired) electrons. The van der Waals surface area contributed by atoms with Gasteiger partial charge >= 0.3 is 5.97 Å². The first-order chi connectivity index (χ1) is 10.5. The summed E-state index contributed by atoms with van der Waals surface area (Å²) >= 11 is 0. The number of carbonyl (C=O) groups excluding carboxylic acids is 1. The van der Waals surface area contributed by atoms with E-state index in [1.54, 1.807) is 6.92 Å². The molecule has 0 heterocycles. The molecule has 0 bridgehead atoms. The van der Waals surface area contributed by atoms with Crippen molar-refractivity contribution in [1.82, 2.24) is 5.32 Å². The molecule has 5 heteroatoms. The summed E-state index contributed by atoms with van der Waals surface area (Å²) in [5, 5.41) is 11.7. The molecule has 0 spiro atoms. The summed E-state index contributed by atoms with van der Waals surface area (Å²) in [6.07, 6.45) is 2.69. The maximum Gasteiger partial charge on any atom is 0.326 e. The molecule has 0 aliphatic rings. The molecular weight excluding hydrogens is 282 g/mol. The Kier molecular flexibility index (Phi) is 8.04. The Labute approximate surface area is 131 Å². The van der Waals surface area contributed by atoms with E-state index in [1.165, 1.54) is 0 Å². The van der Waals surface area contributed by atoms with E-state index >= 15 is 0 Å². The van der Waals surface area contributed by atoms with Crippen molar-refractivity contribution in [1.29, 1.82) is 0 Å². The van der Waals surface area contributed by atoms with Gasteiger partial charge in [-0.2, -0.15) is 0 Å². The van der Waals surface area contributed by atoms with E-state index in [0.29, 0.717) is 19.4 Å². The molecule has 2 N–H and O–H groups in total. The molecule has 2 atom stereocenters. The number of benzene rings is 1. The molecule has 2 unspecified atom stereocenters. The van der Waals surface area contributed by atoms with Crippen LogP contribution in [0.15, 0.2) is 30.3 Å². The maximum atomic E-state index is 12.0. The maximum absolute atomic E-state index is 12.0. The molecule has 122 valence electrons. The zero-order valence-corrected chi connectivity index (χ0v) is 13.2. The minimum absolute atomic E-state index is 0.236. The molecule has 22 heavy (non-hydrogen) atoms. The van der Waals surface area contributed by atoms with Crippen LogP contribution in [0.1, 0.15) is 39.5 Å². The first kappa shape index (κ1) is 18.0. The number of nitrogens with one attached hydrogen (secondary N) is 1. The van der Waals surface area contributed by atoms with Crippen molar-refractivity contribution in [2.45, 2.75) is 45.6 Å². The lowest BCUT2D eigenvalue weighted by Crippen LogP contribution is -2.43. The Balaban J connectivity index is 2.35. The highest BCUT2D eigenvalue weighted by atomic mass is 16.5. The third-order valence-electron chi connectivity index (χ3n) is 3.47. The fraction of sp³-hybridized carbons (Fsp3) is 0.529.